The number of ether oxygens (including phenoxy) is 1. The van der Waals surface area contributed by atoms with E-state index in [1.54, 1.807) is 11.8 Å². The molecule has 0 amide bonds. The van der Waals surface area contributed by atoms with Gasteiger partial charge in [-0.05, 0) is 55.4 Å². The molecule has 148 valence electrons. The van der Waals surface area contributed by atoms with Gasteiger partial charge in [0.1, 0.15) is 10.8 Å². The van der Waals surface area contributed by atoms with Gasteiger partial charge in [-0.1, -0.05) is 6.07 Å². The van der Waals surface area contributed by atoms with Crippen molar-refractivity contribution in [1.29, 1.82) is 10.8 Å². The van der Waals surface area contributed by atoms with E-state index in [0.29, 0.717) is 26.9 Å². The minimum Gasteiger partial charge on any atom is -0.496 e. The molecular formula is C20H26N6OS. The molecule has 2 aliphatic heterocycles. The van der Waals surface area contributed by atoms with Crippen molar-refractivity contribution in [2.24, 2.45) is 12.5 Å². The Morgan fingerprint density at radius 3 is 2.61 bits per heavy atom. The fraction of sp³-hybridized carbons (Fsp3) is 0.450. The van der Waals surface area contributed by atoms with Crippen LogP contribution in [-0.4, -0.2) is 58.2 Å². The number of hydrogen-bond acceptors (Lipinski definition) is 6. The Balaban J connectivity index is 1.42. The van der Waals surface area contributed by atoms with E-state index in [2.05, 4.69) is 15.3 Å². The second-order valence-electron chi connectivity index (χ2n) is 7.66. The summed E-state index contributed by atoms with van der Waals surface area (Å²) in [4.78, 5) is 2.08. The number of amidine groups is 1. The SMILES string of the molecule is COc1cc(-c2cnn(C)c2)ccc1C(=N)SC(=N)N1CC2(CCNCC2)C1. The number of aromatic nitrogens is 2. The van der Waals surface area contributed by atoms with Gasteiger partial charge in [0.25, 0.3) is 0 Å². The second-order valence-corrected chi connectivity index (χ2v) is 8.66. The molecule has 0 bridgehead atoms. The molecule has 28 heavy (non-hydrogen) atoms. The lowest BCUT2D eigenvalue weighted by molar-refractivity contribution is 0.0293. The third kappa shape index (κ3) is 3.66. The summed E-state index contributed by atoms with van der Waals surface area (Å²) in [5.74, 6) is 0.644. The summed E-state index contributed by atoms with van der Waals surface area (Å²) in [5, 5.41) is 25.3. The number of piperidine rings is 1. The van der Waals surface area contributed by atoms with Gasteiger partial charge in [-0.2, -0.15) is 5.10 Å². The monoisotopic (exact) mass is 398 g/mol. The van der Waals surface area contributed by atoms with Crippen LogP contribution in [0.5, 0.6) is 5.75 Å². The Labute approximate surface area is 169 Å². The van der Waals surface area contributed by atoms with Crippen LogP contribution >= 0.6 is 11.8 Å². The Morgan fingerprint density at radius 2 is 1.96 bits per heavy atom. The molecule has 0 unspecified atom stereocenters. The van der Waals surface area contributed by atoms with Crippen molar-refractivity contribution in [2.45, 2.75) is 12.8 Å². The maximum atomic E-state index is 8.50. The summed E-state index contributed by atoms with van der Waals surface area (Å²) in [5.41, 5.74) is 3.09. The van der Waals surface area contributed by atoms with Crippen molar-refractivity contribution in [3.8, 4) is 16.9 Å². The summed E-state index contributed by atoms with van der Waals surface area (Å²) in [7, 11) is 3.50. The highest BCUT2D eigenvalue weighted by Crippen LogP contribution is 2.40. The number of benzene rings is 1. The molecule has 1 spiro atoms. The van der Waals surface area contributed by atoms with Crippen molar-refractivity contribution in [2.75, 3.05) is 33.3 Å². The van der Waals surface area contributed by atoms with E-state index in [4.69, 9.17) is 15.6 Å². The van der Waals surface area contributed by atoms with Crippen molar-refractivity contribution in [1.82, 2.24) is 20.0 Å². The molecule has 4 rings (SSSR count). The molecule has 2 aromatic rings. The Bertz CT molecular complexity index is 894. The molecule has 3 N–H and O–H groups in total. The minimum atomic E-state index is 0.339. The smallest absolute Gasteiger partial charge is 0.162 e. The fourth-order valence-electron chi connectivity index (χ4n) is 4.03. The molecule has 3 heterocycles. The summed E-state index contributed by atoms with van der Waals surface area (Å²) >= 11 is 1.20. The van der Waals surface area contributed by atoms with Gasteiger partial charge < -0.3 is 15.0 Å². The van der Waals surface area contributed by atoms with Crippen LogP contribution in [0, 0.1) is 16.2 Å². The highest BCUT2D eigenvalue weighted by atomic mass is 32.2. The average molecular weight is 399 g/mol. The van der Waals surface area contributed by atoms with Crippen LogP contribution in [0.2, 0.25) is 0 Å². The highest BCUT2D eigenvalue weighted by molar-refractivity contribution is 8.26. The van der Waals surface area contributed by atoms with Crippen molar-refractivity contribution >= 4 is 22.0 Å². The van der Waals surface area contributed by atoms with Gasteiger partial charge in [-0.15, -0.1) is 0 Å². The van der Waals surface area contributed by atoms with Gasteiger partial charge in [0, 0.05) is 42.9 Å². The highest BCUT2D eigenvalue weighted by Gasteiger charge is 2.44. The van der Waals surface area contributed by atoms with Crippen LogP contribution < -0.4 is 10.1 Å². The van der Waals surface area contributed by atoms with Gasteiger partial charge in [-0.25, -0.2) is 0 Å². The van der Waals surface area contributed by atoms with E-state index in [-0.39, 0.29) is 0 Å². The Kier molecular flexibility index (Phi) is 5.16. The molecule has 0 saturated carbocycles. The number of nitrogens with one attached hydrogen (secondary N) is 3. The molecule has 2 aliphatic rings. The molecule has 1 aromatic carbocycles. The van der Waals surface area contributed by atoms with Crippen LogP contribution in [0.1, 0.15) is 18.4 Å². The summed E-state index contributed by atoms with van der Waals surface area (Å²) in [6.07, 6.45) is 6.13. The molecule has 8 heteroatoms. The lowest BCUT2D eigenvalue weighted by Gasteiger charge is -2.53. The average Bonchev–Trinajstić information content (AvgIpc) is 3.12. The second kappa shape index (κ2) is 7.60. The van der Waals surface area contributed by atoms with Gasteiger partial charge in [0.15, 0.2) is 5.17 Å². The summed E-state index contributed by atoms with van der Waals surface area (Å²) in [6, 6.07) is 5.80. The third-order valence-electron chi connectivity index (χ3n) is 5.69. The summed E-state index contributed by atoms with van der Waals surface area (Å²) in [6.45, 7) is 4.02. The molecule has 7 nitrogen and oxygen atoms in total. The number of methoxy groups -OCH3 is 1. The zero-order valence-corrected chi connectivity index (χ0v) is 17.1. The maximum Gasteiger partial charge on any atom is 0.162 e. The fourth-order valence-corrected chi connectivity index (χ4v) is 4.76. The number of thioether (sulfide) groups is 1. The third-order valence-corrected chi connectivity index (χ3v) is 6.56. The van der Waals surface area contributed by atoms with E-state index in [0.717, 1.165) is 37.3 Å². The lowest BCUT2D eigenvalue weighted by atomic mass is 9.73. The van der Waals surface area contributed by atoms with Crippen LogP contribution in [0.3, 0.4) is 0 Å². The van der Waals surface area contributed by atoms with Crippen molar-refractivity contribution in [3.63, 3.8) is 0 Å². The van der Waals surface area contributed by atoms with E-state index in [1.165, 1.54) is 24.6 Å². The van der Waals surface area contributed by atoms with Crippen LogP contribution in [0.25, 0.3) is 11.1 Å². The van der Waals surface area contributed by atoms with Gasteiger partial charge in [-0.3, -0.25) is 15.5 Å². The number of aryl methyl sites for hydroxylation is 1. The predicted octanol–water partition coefficient (Wildman–Crippen LogP) is 2.77. The quantitative estimate of drug-likeness (QED) is 0.546. The van der Waals surface area contributed by atoms with E-state index in [9.17, 15) is 0 Å². The zero-order valence-electron chi connectivity index (χ0n) is 16.3. The largest absolute Gasteiger partial charge is 0.496 e. The number of rotatable bonds is 3. The first-order valence-electron chi connectivity index (χ1n) is 9.48. The van der Waals surface area contributed by atoms with Crippen LogP contribution in [0.4, 0.5) is 0 Å². The first-order chi connectivity index (χ1) is 13.5. The predicted molar refractivity (Wildman–Crippen MR) is 113 cm³/mol. The van der Waals surface area contributed by atoms with Gasteiger partial charge in [0.05, 0.1) is 13.3 Å². The van der Waals surface area contributed by atoms with E-state index in [1.807, 2.05) is 37.6 Å². The number of likely N-dealkylation sites (tertiary alicyclic amines) is 1. The minimum absolute atomic E-state index is 0.339. The van der Waals surface area contributed by atoms with Crippen molar-refractivity contribution in [3.05, 3.63) is 36.2 Å². The normalized spacial score (nSPS) is 18.0. The molecule has 1 aromatic heterocycles. The molecule has 2 fully saturated rings. The topological polar surface area (TPSA) is 90.0 Å². The van der Waals surface area contributed by atoms with Gasteiger partial charge in [0.2, 0.25) is 0 Å². The first kappa shape index (κ1) is 19.0. The van der Waals surface area contributed by atoms with Crippen LogP contribution in [0.15, 0.2) is 30.6 Å². The summed E-state index contributed by atoms with van der Waals surface area (Å²) < 4.78 is 7.30. The number of hydrogen-bond donors (Lipinski definition) is 3. The zero-order chi connectivity index (χ0) is 19.7. The molecule has 0 aliphatic carbocycles. The maximum absolute atomic E-state index is 8.50. The Hall–Kier alpha value is -2.32. The standard InChI is InChI=1S/C20H26N6OS/c1-25-11-15(10-24-25)14-3-4-16(17(9-14)27-2)18(21)28-19(22)26-12-20(13-26)5-7-23-8-6-20/h3-4,9-11,21-23H,5-8,12-13H2,1-2H3. The molecule has 0 atom stereocenters. The van der Waals surface area contributed by atoms with Crippen LogP contribution in [-0.2, 0) is 7.05 Å². The molecular weight excluding hydrogens is 372 g/mol. The van der Waals surface area contributed by atoms with E-state index >= 15 is 0 Å². The Morgan fingerprint density at radius 1 is 1.21 bits per heavy atom. The molecule has 2 saturated heterocycles. The van der Waals surface area contributed by atoms with E-state index < -0.39 is 0 Å². The number of nitrogens with zero attached hydrogens (tertiary/aromatic N) is 3. The first-order valence-corrected chi connectivity index (χ1v) is 10.3. The lowest BCUT2D eigenvalue weighted by Crippen LogP contribution is -2.60. The molecule has 0 radical (unpaired) electrons. The van der Waals surface area contributed by atoms with Crippen molar-refractivity contribution < 1.29 is 4.74 Å². The van der Waals surface area contributed by atoms with Gasteiger partial charge >= 0.3 is 0 Å².